The Balaban J connectivity index is 2.31. The van der Waals surface area contributed by atoms with Crippen LogP contribution in [0.4, 0.5) is 0 Å². The summed E-state index contributed by atoms with van der Waals surface area (Å²) in [5.41, 5.74) is 0.296. The summed E-state index contributed by atoms with van der Waals surface area (Å²) >= 11 is 0. The standard InChI is InChI=1S/C15H19N3O3/c1-9(2)15(3,7-12(19)20)17-14(21)11-6-4-5-10-8-16-18-13(10)11/h4-6,8-9H,7H2,1-3H3,(H,16,18)(H,17,21)(H,19,20). The average Bonchev–Trinajstić information content (AvgIpc) is 2.85. The first-order chi connectivity index (χ1) is 9.83. The second-order valence-corrected chi connectivity index (χ2v) is 5.74. The number of hydrogen-bond donors (Lipinski definition) is 3. The molecule has 0 aliphatic rings. The van der Waals surface area contributed by atoms with Gasteiger partial charge in [0.2, 0.25) is 0 Å². The molecule has 0 fully saturated rings. The molecule has 0 bridgehead atoms. The Morgan fingerprint density at radius 1 is 1.43 bits per heavy atom. The van der Waals surface area contributed by atoms with E-state index in [1.165, 1.54) is 0 Å². The topological polar surface area (TPSA) is 95.1 Å². The highest BCUT2D eigenvalue weighted by molar-refractivity contribution is 6.05. The molecule has 6 nitrogen and oxygen atoms in total. The van der Waals surface area contributed by atoms with Crippen molar-refractivity contribution >= 4 is 22.8 Å². The highest BCUT2D eigenvalue weighted by Gasteiger charge is 2.33. The molecule has 6 heteroatoms. The first-order valence-corrected chi connectivity index (χ1v) is 6.80. The number of carbonyl (C=O) groups excluding carboxylic acids is 1. The number of carbonyl (C=O) groups is 2. The van der Waals surface area contributed by atoms with Gasteiger partial charge in [-0.1, -0.05) is 26.0 Å². The van der Waals surface area contributed by atoms with Gasteiger partial charge in [0.25, 0.3) is 5.91 Å². The Labute approximate surface area is 122 Å². The van der Waals surface area contributed by atoms with E-state index >= 15 is 0 Å². The van der Waals surface area contributed by atoms with E-state index < -0.39 is 11.5 Å². The van der Waals surface area contributed by atoms with Crippen LogP contribution in [0.15, 0.2) is 24.4 Å². The molecule has 1 unspecified atom stereocenters. The number of aromatic amines is 1. The van der Waals surface area contributed by atoms with Gasteiger partial charge in [-0.05, 0) is 18.9 Å². The summed E-state index contributed by atoms with van der Waals surface area (Å²) in [4.78, 5) is 23.5. The Bertz CT molecular complexity index is 678. The summed E-state index contributed by atoms with van der Waals surface area (Å²) in [6.45, 7) is 5.52. The Kier molecular flexibility index (Phi) is 3.97. The minimum Gasteiger partial charge on any atom is -0.481 e. The Hall–Kier alpha value is -2.37. The maximum absolute atomic E-state index is 12.5. The molecule has 0 aliphatic carbocycles. The molecule has 1 atom stereocenters. The van der Waals surface area contributed by atoms with E-state index in [1.54, 1.807) is 25.3 Å². The predicted molar refractivity (Wildman–Crippen MR) is 79.1 cm³/mol. The van der Waals surface area contributed by atoms with Crippen molar-refractivity contribution in [3.63, 3.8) is 0 Å². The minimum atomic E-state index is -0.939. The number of aromatic nitrogens is 2. The number of H-pyrrole nitrogens is 1. The number of carboxylic acids is 1. The zero-order valence-electron chi connectivity index (χ0n) is 12.3. The maximum Gasteiger partial charge on any atom is 0.305 e. The van der Waals surface area contributed by atoms with Gasteiger partial charge in [-0.15, -0.1) is 0 Å². The van der Waals surface area contributed by atoms with Crippen LogP contribution in [0.2, 0.25) is 0 Å². The fourth-order valence-corrected chi connectivity index (χ4v) is 2.19. The molecule has 2 aromatic rings. The van der Waals surface area contributed by atoms with Crippen LogP contribution in [-0.4, -0.2) is 32.7 Å². The second kappa shape index (κ2) is 5.55. The van der Waals surface area contributed by atoms with Crippen LogP contribution in [0.25, 0.3) is 10.9 Å². The van der Waals surface area contributed by atoms with Crippen molar-refractivity contribution in [2.24, 2.45) is 5.92 Å². The number of benzene rings is 1. The molecule has 112 valence electrons. The monoisotopic (exact) mass is 289 g/mol. The van der Waals surface area contributed by atoms with Crippen LogP contribution < -0.4 is 5.32 Å². The van der Waals surface area contributed by atoms with Crippen molar-refractivity contribution in [1.29, 1.82) is 0 Å². The fraction of sp³-hybridized carbons (Fsp3) is 0.400. The van der Waals surface area contributed by atoms with Crippen LogP contribution in [-0.2, 0) is 4.79 Å². The van der Waals surface area contributed by atoms with E-state index in [0.717, 1.165) is 5.39 Å². The molecule has 2 rings (SSSR count). The van der Waals surface area contributed by atoms with Crippen molar-refractivity contribution in [2.45, 2.75) is 32.7 Å². The van der Waals surface area contributed by atoms with Gasteiger partial charge in [-0.2, -0.15) is 5.10 Å². The number of nitrogens with one attached hydrogen (secondary N) is 2. The number of rotatable bonds is 5. The summed E-state index contributed by atoms with van der Waals surface area (Å²) in [5.74, 6) is -1.26. The SMILES string of the molecule is CC(C)C(C)(CC(=O)O)NC(=O)c1cccc2cn[nH]c12. The third-order valence-electron chi connectivity index (χ3n) is 3.91. The lowest BCUT2D eigenvalue weighted by Gasteiger charge is -2.33. The Morgan fingerprint density at radius 3 is 2.76 bits per heavy atom. The second-order valence-electron chi connectivity index (χ2n) is 5.74. The lowest BCUT2D eigenvalue weighted by Crippen LogP contribution is -2.51. The zero-order chi connectivity index (χ0) is 15.6. The van der Waals surface area contributed by atoms with Crippen LogP contribution in [0.5, 0.6) is 0 Å². The smallest absolute Gasteiger partial charge is 0.305 e. The number of fused-ring (bicyclic) bond motifs is 1. The normalized spacial score (nSPS) is 14.1. The van der Waals surface area contributed by atoms with Crippen LogP contribution in [0, 0.1) is 5.92 Å². The van der Waals surface area contributed by atoms with E-state index in [9.17, 15) is 9.59 Å². The fourth-order valence-electron chi connectivity index (χ4n) is 2.19. The molecule has 0 saturated heterocycles. The van der Waals surface area contributed by atoms with Gasteiger partial charge >= 0.3 is 5.97 Å². The first kappa shape index (κ1) is 15.0. The van der Waals surface area contributed by atoms with Gasteiger partial charge in [-0.25, -0.2) is 0 Å². The summed E-state index contributed by atoms with van der Waals surface area (Å²) in [7, 11) is 0. The molecule has 1 aromatic carbocycles. The summed E-state index contributed by atoms with van der Waals surface area (Å²) in [6, 6.07) is 5.32. The quantitative estimate of drug-likeness (QED) is 0.786. The van der Waals surface area contributed by atoms with Crippen molar-refractivity contribution in [3.05, 3.63) is 30.0 Å². The van der Waals surface area contributed by atoms with Gasteiger partial charge in [0.05, 0.1) is 29.2 Å². The third kappa shape index (κ3) is 3.04. The summed E-state index contributed by atoms with van der Waals surface area (Å²) < 4.78 is 0. The third-order valence-corrected chi connectivity index (χ3v) is 3.91. The van der Waals surface area contributed by atoms with Crippen LogP contribution >= 0.6 is 0 Å². The molecule has 21 heavy (non-hydrogen) atoms. The molecule has 0 aliphatic heterocycles. The molecule has 1 heterocycles. The molecular formula is C15H19N3O3. The number of aliphatic carboxylic acids is 1. The highest BCUT2D eigenvalue weighted by atomic mass is 16.4. The number of para-hydroxylation sites is 1. The van der Waals surface area contributed by atoms with Gasteiger partial charge in [0.1, 0.15) is 0 Å². The van der Waals surface area contributed by atoms with Crippen molar-refractivity contribution in [1.82, 2.24) is 15.5 Å². The zero-order valence-corrected chi connectivity index (χ0v) is 12.3. The van der Waals surface area contributed by atoms with E-state index in [1.807, 2.05) is 19.9 Å². The largest absolute Gasteiger partial charge is 0.481 e. The molecular weight excluding hydrogens is 270 g/mol. The van der Waals surface area contributed by atoms with Crippen LogP contribution in [0.3, 0.4) is 0 Å². The van der Waals surface area contributed by atoms with Gasteiger partial charge < -0.3 is 10.4 Å². The van der Waals surface area contributed by atoms with Crippen molar-refractivity contribution in [3.8, 4) is 0 Å². The van der Waals surface area contributed by atoms with Crippen molar-refractivity contribution < 1.29 is 14.7 Å². The number of hydrogen-bond acceptors (Lipinski definition) is 3. The molecule has 0 radical (unpaired) electrons. The predicted octanol–water partition coefficient (Wildman–Crippen LogP) is 2.18. The van der Waals surface area contributed by atoms with Gasteiger partial charge in [0, 0.05) is 5.39 Å². The highest BCUT2D eigenvalue weighted by Crippen LogP contribution is 2.23. The average molecular weight is 289 g/mol. The van der Waals surface area contributed by atoms with E-state index in [2.05, 4.69) is 15.5 Å². The van der Waals surface area contributed by atoms with E-state index in [0.29, 0.717) is 11.1 Å². The number of carboxylic acid groups (broad SMARTS) is 1. The van der Waals surface area contributed by atoms with Gasteiger partial charge in [0.15, 0.2) is 0 Å². The van der Waals surface area contributed by atoms with E-state index in [-0.39, 0.29) is 18.2 Å². The van der Waals surface area contributed by atoms with Crippen LogP contribution in [0.1, 0.15) is 37.6 Å². The molecule has 1 aromatic heterocycles. The summed E-state index contributed by atoms with van der Waals surface area (Å²) in [5, 5.41) is 19.5. The first-order valence-electron chi connectivity index (χ1n) is 6.80. The van der Waals surface area contributed by atoms with E-state index in [4.69, 9.17) is 5.11 Å². The number of nitrogens with zero attached hydrogens (tertiary/aromatic N) is 1. The molecule has 0 saturated carbocycles. The van der Waals surface area contributed by atoms with Gasteiger partial charge in [-0.3, -0.25) is 14.7 Å². The Morgan fingerprint density at radius 2 is 2.14 bits per heavy atom. The minimum absolute atomic E-state index is 0.0153. The molecule has 1 amide bonds. The molecule has 0 spiro atoms. The summed E-state index contributed by atoms with van der Waals surface area (Å²) in [6.07, 6.45) is 1.51. The lowest BCUT2D eigenvalue weighted by molar-refractivity contribution is -0.138. The number of amides is 1. The molecule has 3 N–H and O–H groups in total. The van der Waals surface area contributed by atoms with Crippen molar-refractivity contribution in [2.75, 3.05) is 0 Å². The lowest BCUT2D eigenvalue weighted by atomic mass is 9.85. The maximum atomic E-state index is 12.5.